The van der Waals surface area contributed by atoms with E-state index in [9.17, 15) is 4.79 Å². The Morgan fingerprint density at radius 1 is 1.50 bits per heavy atom. The van der Waals surface area contributed by atoms with Gasteiger partial charge in [0.1, 0.15) is 0 Å². The average molecular weight is 242 g/mol. The number of nitrogens with one attached hydrogen (secondary N) is 2. The molecule has 0 aromatic heterocycles. The molecular weight excluding hydrogens is 226 g/mol. The van der Waals surface area contributed by atoms with Crippen molar-refractivity contribution in [3.63, 3.8) is 0 Å². The predicted molar refractivity (Wildman–Crippen MR) is 67.6 cm³/mol. The minimum Gasteiger partial charge on any atom is -0.397 e. The maximum Gasteiger partial charge on any atom is 0.239 e. The number of anilines is 2. The van der Waals surface area contributed by atoms with Gasteiger partial charge in [0, 0.05) is 11.1 Å². The van der Waals surface area contributed by atoms with E-state index in [0.717, 1.165) is 0 Å². The Morgan fingerprint density at radius 3 is 2.81 bits per heavy atom. The van der Waals surface area contributed by atoms with E-state index in [2.05, 4.69) is 10.6 Å². The zero-order chi connectivity index (χ0) is 12.1. The first-order valence-corrected chi connectivity index (χ1v) is 5.45. The van der Waals surface area contributed by atoms with Crippen molar-refractivity contribution < 1.29 is 4.79 Å². The lowest BCUT2D eigenvalue weighted by Crippen LogP contribution is -2.34. The van der Waals surface area contributed by atoms with Crippen LogP contribution in [-0.4, -0.2) is 18.5 Å². The lowest BCUT2D eigenvalue weighted by atomic mass is 10.2. The van der Waals surface area contributed by atoms with Crippen LogP contribution in [0.5, 0.6) is 0 Å². The topological polar surface area (TPSA) is 67.2 Å². The number of halogens is 1. The molecule has 1 aromatic carbocycles. The molecule has 4 nitrogen and oxygen atoms in total. The van der Waals surface area contributed by atoms with E-state index >= 15 is 0 Å². The molecule has 0 saturated heterocycles. The van der Waals surface area contributed by atoms with Crippen LogP contribution in [0.1, 0.15) is 13.8 Å². The molecule has 1 aromatic rings. The van der Waals surface area contributed by atoms with Gasteiger partial charge in [-0.15, -0.1) is 0 Å². The molecular formula is C11H16ClN3O. The van der Waals surface area contributed by atoms with Crippen LogP contribution in [0.15, 0.2) is 18.2 Å². The monoisotopic (exact) mass is 241 g/mol. The highest BCUT2D eigenvalue weighted by Gasteiger charge is 2.04. The fraction of sp³-hybridized carbons (Fsp3) is 0.364. The summed E-state index contributed by atoms with van der Waals surface area (Å²) in [6.45, 7) is 4.00. The van der Waals surface area contributed by atoms with Gasteiger partial charge in [0.2, 0.25) is 5.91 Å². The summed E-state index contributed by atoms with van der Waals surface area (Å²) in [6.07, 6.45) is 0. The van der Waals surface area contributed by atoms with Crippen molar-refractivity contribution in [3.05, 3.63) is 23.2 Å². The van der Waals surface area contributed by atoms with Crippen LogP contribution in [0.2, 0.25) is 5.02 Å². The van der Waals surface area contributed by atoms with Gasteiger partial charge >= 0.3 is 0 Å². The summed E-state index contributed by atoms with van der Waals surface area (Å²) in [5, 5.41) is 6.29. The van der Waals surface area contributed by atoms with Crippen LogP contribution in [0.3, 0.4) is 0 Å². The molecule has 0 atom stereocenters. The molecule has 4 N–H and O–H groups in total. The van der Waals surface area contributed by atoms with Gasteiger partial charge < -0.3 is 16.4 Å². The second kappa shape index (κ2) is 5.61. The van der Waals surface area contributed by atoms with Gasteiger partial charge in [0.15, 0.2) is 0 Å². The normalized spacial score (nSPS) is 10.2. The second-order valence-electron chi connectivity index (χ2n) is 3.81. The van der Waals surface area contributed by atoms with Crippen molar-refractivity contribution in [2.75, 3.05) is 17.6 Å². The smallest absolute Gasteiger partial charge is 0.239 e. The number of hydrogen-bond acceptors (Lipinski definition) is 3. The molecule has 0 spiro atoms. The zero-order valence-corrected chi connectivity index (χ0v) is 10.1. The molecule has 0 aliphatic heterocycles. The fourth-order valence-electron chi connectivity index (χ4n) is 1.23. The third-order valence-corrected chi connectivity index (χ3v) is 2.14. The summed E-state index contributed by atoms with van der Waals surface area (Å²) in [5.41, 5.74) is 6.97. The standard InChI is InChI=1S/C11H16ClN3O/c1-7(2)15-11(16)6-14-10-5-8(12)3-4-9(10)13/h3-5,7,14H,6,13H2,1-2H3,(H,15,16). The number of amides is 1. The Kier molecular flexibility index (Phi) is 4.43. The van der Waals surface area contributed by atoms with Crippen molar-refractivity contribution in [2.24, 2.45) is 0 Å². The van der Waals surface area contributed by atoms with Crippen LogP contribution in [0, 0.1) is 0 Å². The van der Waals surface area contributed by atoms with Crippen LogP contribution in [-0.2, 0) is 4.79 Å². The van der Waals surface area contributed by atoms with E-state index in [1.165, 1.54) is 0 Å². The molecule has 0 fully saturated rings. The van der Waals surface area contributed by atoms with Gasteiger partial charge in [0.05, 0.1) is 17.9 Å². The number of carbonyl (C=O) groups excluding carboxylic acids is 1. The van der Waals surface area contributed by atoms with Crippen molar-refractivity contribution in [1.82, 2.24) is 5.32 Å². The first kappa shape index (κ1) is 12.6. The highest BCUT2D eigenvalue weighted by molar-refractivity contribution is 6.31. The molecule has 1 rings (SSSR count). The van der Waals surface area contributed by atoms with Gasteiger partial charge in [-0.05, 0) is 32.0 Å². The van der Waals surface area contributed by atoms with Crippen molar-refractivity contribution in [3.8, 4) is 0 Å². The van der Waals surface area contributed by atoms with E-state index in [1.54, 1.807) is 18.2 Å². The largest absolute Gasteiger partial charge is 0.397 e. The molecule has 0 radical (unpaired) electrons. The first-order chi connectivity index (χ1) is 7.49. The minimum atomic E-state index is -0.0747. The van der Waals surface area contributed by atoms with E-state index < -0.39 is 0 Å². The molecule has 5 heteroatoms. The van der Waals surface area contributed by atoms with E-state index in [1.807, 2.05) is 13.8 Å². The number of benzene rings is 1. The van der Waals surface area contributed by atoms with Crippen LogP contribution in [0.25, 0.3) is 0 Å². The van der Waals surface area contributed by atoms with Gasteiger partial charge in [-0.2, -0.15) is 0 Å². The quantitative estimate of drug-likeness (QED) is 0.705. The predicted octanol–water partition coefficient (Wildman–Crippen LogP) is 1.86. The number of carbonyl (C=O) groups is 1. The van der Waals surface area contributed by atoms with Crippen LogP contribution < -0.4 is 16.4 Å². The number of hydrogen-bond donors (Lipinski definition) is 3. The molecule has 0 aliphatic rings. The maximum atomic E-state index is 11.4. The first-order valence-electron chi connectivity index (χ1n) is 5.07. The Labute approximate surface area is 100 Å². The van der Waals surface area contributed by atoms with Gasteiger partial charge in [-0.1, -0.05) is 11.6 Å². The second-order valence-corrected chi connectivity index (χ2v) is 4.24. The van der Waals surface area contributed by atoms with Crippen molar-refractivity contribution in [1.29, 1.82) is 0 Å². The summed E-state index contributed by atoms with van der Waals surface area (Å²) in [6, 6.07) is 5.23. The van der Waals surface area contributed by atoms with E-state index in [4.69, 9.17) is 17.3 Å². The van der Waals surface area contributed by atoms with Gasteiger partial charge in [-0.3, -0.25) is 4.79 Å². The summed E-state index contributed by atoms with van der Waals surface area (Å²) in [5.74, 6) is -0.0747. The van der Waals surface area contributed by atoms with E-state index in [-0.39, 0.29) is 18.5 Å². The summed E-state index contributed by atoms with van der Waals surface area (Å²) in [7, 11) is 0. The molecule has 88 valence electrons. The van der Waals surface area contributed by atoms with Crippen molar-refractivity contribution in [2.45, 2.75) is 19.9 Å². The minimum absolute atomic E-state index is 0.0747. The van der Waals surface area contributed by atoms with Gasteiger partial charge in [-0.25, -0.2) is 0 Å². The Balaban J connectivity index is 2.54. The number of nitrogen functional groups attached to an aromatic ring is 1. The third kappa shape index (κ3) is 3.98. The molecule has 1 amide bonds. The van der Waals surface area contributed by atoms with Crippen molar-refractivity contribution >= 4 is 28.9 Å². The van der Waals surface area contributed by atoms with E-state index in [0.29, 0.717) is 16.4 Å². The summed E-state index contributed by atoms with van der Waals surface area (Å²) in [4.78, 5) is 11.4. The maximum absolute atomic E-state index is 11.4. The molecule has 16 heavy (non-hydrogen) atoms. The average Bonchev–Trinajstić information content (AvgIpc) is 2.18. The SMILES string of the molecule is CC(C)NC(=O)CNc1cc(Cl)ccc1N. The number of nitrogens with two attached hydrogens (primary N) is 1. The zero-order valence-electron chi connectivity index (χ0n) is 9.38. The van der Waals surface area contributed by atoms with Crippen LogP contribution in [0.4, 0.5) is 11.4 Å². The third-order valence-electron chi connectivity index (χ3n) is 1.90. The lowest BCUT2D eigenvalue weighted by Gasteiger charge is -2.11. The molecule has 0 heterocycles. The summed E-state index contributed by atoms with van der Waals surface area (Å²) < 4.78 is 0. The highest BCUT2D eigenvalue weighted by atomic mass is 35.5. The fourth-order valence-corrected chi connectivity index (χ4v) is 1.40. The molecule has 0 unspecified atom stereocenters. The molecule has 0 bridgehead atoms. The Morgan fingerprint density at radius 2 is 2.19 bits per heavy atom. The Bertz CT molecular complexity index is 379. The molecule has 0 saturated carbocycles. The lowest BCUT2D eigenvalue weighted by molar-refractivity contribution is -0.119. The highest BCUT2D eigenvalue weighted by Crippen LogP contribution is 2.22. The molecule has 0 aliphatic carbocycles. The van der Waals surface area contributed by atoms with Crippen LogP contribution >= 0.6 is 11.6 Å². The van der Waals surface area contributed by atoms with Gasteiger partial charge in [0.25, 0.3) is 0 Å². The Hall–Kier alpha value is -1.42. The summed E-state index contributed by atoms with van der Waals surface area (Å²) >= 11 is 5.82. The number of rotatable bonds is 4.